The summed E-state index contributed by atoms with van der Waals surface area (Å²) in [7, 11) is 1.72. The summed E-state index contributed by atoms with van der Waals surface area (Å²) in [5, 5.41) is 0.727. The second kappa shape index (κ2) is 9.25. The van der Waals surface area contributed by atoms with Crippen LogP contribution < -0.4 is 15.4 Å². The van der Waals surface area contributed by atoms with Crippen molar-refractivity contribution in [3.8, 4) is 0 Å². The van der Waals surface area contributed by atoms with Crippen molar-refractivity contribution in [1.82, 2.24) is 19.4 Å². The molecule has 9 heteroatoms. The fraction of sp³-hybridized carbons (Fsp3) is 0.440. The summed E-state index contributed by atoms with van der Waals surface area (Å²) < 4.78 is 1.54. The van der Waals surface area contributed by atoms with Crippen molar-refractivity contribution >= 4 is 40.2 Å². The van der Waals surface area contributed by atoms with Gasteiger partial charge in [0.15, 0.2) is 11.5 Å². The quantitative estimate of drug-likeness (QED) is 0.574. The summed E-state index contributed by atoms with van der Waals surface area (Å²) in [6, 6.07) is 9.62. The van der Waals surface area contributed by atoms with E-state index in [1.54, 1.807) is 17.8 Å². The zero-order valence-corrected chi connectivity index (χ0v) is 20.3. The SMILES string of the molecule is Cc1ccc(Cl)cc1N1CCN(C(=O)C2CCCN(c3nc4cccnc4n(C)c3=O)C2)CC1. The van der Waals surface area contributed by atoms with Crippen LogP contribution in [0.25, 0.3) is 11.2 Å². The normalized spacial score (nSPS) is 19.0. The van der Waals surface area contributed by atoms with Gasteiger partial charge in [0.2, 0.25) is 5.91 Å². The Morgan fingerprint density at radius 3 is 2.68 bits per heavy atom. The van der Waals surface area contributed by atoms with Crippen molar-refractivity contribution in [2.75, 3.05) is 49.1 Å². The van der Waals surface area contributed by atoms with E-state index < -0.39 is 0 Å². The first kappa shape index (κ1) is 22.7. The molecule has 2 fully saturated rings. The first-order valence-corrected chi connectivity index (χ1v) is 12.2. The standard InChI is InChI=1S/C25H29ClN6O2/c1-17-7-8-19(26)15-21(17)30-11-13-31(14-12-30)24(33)18-5-4-10-32(16-18)23-25(34)29(2)22-20(28-23)6-3-9-27-22/h3,6-9,15,18H,4-5,10-14,16H2,1-2H3. The van der Waals surface area contributed by atoms with Crippen molar-refractivity contribution in [1.29, 1.82) is 0 Å². The Hall–Kier alpha value is -3.13. The number of fused-ring (bicyclic) bond motifs is 1. The molecule has 2 aromatic heterocycles. The van der Waals surface area contributed by atoms with Crippen LogP contribution in [-0.2, 0) is 11.8 Å². The minimum atomic E-state index is -0.176. The Balaban J connectivity index is 1.28. The molecule has 5 rings (SSSR count). The van der Waals surface area contributed by atoms with Gasteiger partial charge in [0.25, 0.3) is 5.56 Å². The number of carbonyl (C=O) groups excluding carboxylic acids is 1. The number of aromatic nitrogens is 3. The molecule has 2 aliphatic rings. The van der Waals surface area contributed by atoms with Crippen LogP contribution in [0.1, 0.15) is 18.4 Å². The van der Waals surface area contributed by atoms with Gasteiger partial charge in [0.05, 0.1) is 5.92 Å². The van der Waals surface area contributed by atoms with E-state index >= 15 is 0 Å². The van der Waals surface area contributed by atoms with Gasteiger partial charge < -0.3 is 14.7 Å². The Labute approximate surface area is 203 Å². The third kappa shape index (κ3) is 4.22. The van der Waals surface area contributed by atoms with Gasteiger partial charge in [-0.1, -0.05) is 17.7 Å². The van der Waals surface area contributed by atoms with Crippen LogP contribution >= 0.6 is 11.6 Å². The van der Waals surface area contributed by atoms with Gasteiger partial charge in [-0.3, -0.25) is 14.2 Å². The van der Waals surface area contributed by atoms with Crippen molar-refractivity contribution in [2.45, 2.75) is 19.8 Å². The Kier molecular flexibility index (Phi) is 6.16. The molecular formula is C25H29ClN6O2. The number of piperazine rings is 1. The van der Waals surface area contributed by atoms with Crippen molar-refractivity contribution in [3.05, 3.63) is 57.5 Å². The summed E-state index contributed by atoms with van der Waals surface area (Å²) in [4.78, 5) is 41.5. The lowest BCUT2D eigenvalue weighted by atomic mass is 9.96. The van der Waals surface area contributed by atoms with Gasteiger partial charge in [-0.25, -0.2) is 9.97 Å². The first-order chi connectivity index (χ1) is 16.4. The van der Waals surface area contributed by atoms with Crippen LogP contribution in [0.2, 0.25) is 5.02 Å². The van der Waals surface area contributed by atoms with E-state index in [0.29, 0.717) is 36.6 Å². The fourth-order valence-electron chi connectivity index (χ4n) is 5.07. The zero-order chi connectivity index (χ0) is 23.8. The molecule has 0 spiro atoms. The summed E-state index contributed by atoms with van der Waals surface area (Å²) in [5.74, 6) is 0.442. The average Bonchev–Trinajstić information content (AvgIpc) is 2.87. The maximum Gasteiger partial charge on any atom is 0.294 e. The number of pyridine rings is 1. The molecule has 0 N–H and O–H groups in total. The van der Waals surface area contributed by atoms with Crippen LogP contribution in [0, 0.1) is 12.8 Å². The lowest BCUT2D eigenvalue weighted by molar-refractivity contribution is -0.136. The summed E-state index contributed by atoms with van der Waals surface area (Å²) >= 11 is 6.21. The first-order valence-electron chi connectivity index (χ1n) is 11.8. The predicted molar refractivity (Wildman–Crippen MR) is 135 cm³/mol. The van der Waals surface area contributed by atoms with Crippen molar-refractivity contribution in [3.63, 3.8) is 0 Å². The molecular weight excluding hydrogens is 452 g/mol. The molecule has 0 saturated carbocycles. The molecule has 4 heterocycles. The minimum absolute atomic E-state index is 0.135. The highest BCUT2D eigenvalue weighted by atomic mass is 35.5. The number of hydrogen-bond donors (Lipinski definition) is 0. The molecule has 178 valence electrons. The van der Waals surface area contributed by atoms with E-state index in [9.17, 15) is 9.59 Å². The van der Waals surface area contributed by atoms with E-state index in [1.807, 2.05) is 40.1 Å². The largest absolute Gasteiger partial charge is 0.368 e. The van der Waals surface area contributed by atoms with Gasteiger partial charge in [-0.15, -0.1) is 0 Å². The van der Waals surface area contributed by atoms with Crippen molar-refractivity contribution < 1.29 is 4.79 Å². The highest BCUT2D eigenvalue weighted by Gasteiger charge is 2.32. The van der Waals surface area contributed by atoms with E-state index in [1.165, 1.54) is 5.56 Å². The van der Waals surface area contributed by atoms with Crippen LogP contribution in [0.3, 0.4) is 0 Å². The summed E-state index contributed by atoms with van der Waals surface area (Å²) in [5.41, 5.74) is 3.39. The fourth-order valence-corrected chi connectivity index (χ4v) is 5.23. The number of benzene rings is 1. The van der Waals surface area contributed by atoms with Gasteiger partial charge in [-0.2, -0.15) is 0 Å². The maximum atomic E-state index is 13.4. The number of carbonyl (C=O) groups is 1. The van der Waals surface area contributed by atoms with E-state index in [-0.39, 0.29) is 17.4 Å². The molecule has 2 saturated heterocycles. The van der Waals surface area contributed by atoms with E-state index in [2.05, 4.69) is 21.8 Å². The summed E-state index contributed by atoms with van der Waals surface area (Å²) in [6.07, 6.45) is 3.35. The van der Waals surface area contributed by atoms with Gasteiger partial charge >= 0.3 is 0 Å². The molecule has 1 unspecified atom stereocenters. The van der Waals surface area contributed by atoms with Crippen LogP contribution in [0.4, 0.5) is 11.5 Å². The molecule has 1 amide bonds. The van der Waals surface area contributed by atoms with E-state index in [4.69, 9.17) is 11.6 Å². The van der Waals surface area contributed by atoms with Gasteiger partial charge in [0, 0.05) is 63.2 Å². The number of aryl methyl sites for hydroxylation is 2. The van der Waals surface area contributed by atoms with Gasteiger partial charge in [-0.05, 0) is 49.6 Å². The number of amides is 1. The molecule has 8 nitrogen and oxygen atoms in total. The molecule has 3 aromatic rings. The second-order valence-corrected chi connectivity index (χ2v) is 9.61. The molecule has 0 radical (unpaired) electrons. The molecule has 0 bridgehead atoms. The van der Waals surface area contributed by atoms with Crippen LogP contribution in [-0.4, -0.2) is 64.6 Å². The third-order valence-electron chi connectivity index (χ3n) is 6.98. The maximum absolute atomic E-state index is 13.4. The average molecular weight is 481 g/mol. The minimum Gasteiger partial charge on any atom is -0.368 e. The number of hydrogen-bond acceptors (Lipinski definition) is 6. The number of anilines is 2. The number of nitrogens with zero attached hydrogens (tertiary/aromatic N) is 6. The summed E-state index contributed by atoms with van der Waals surface area (Å²) in [6.45, 7) is 6.25. The number of halogens is 1. The topological polar surface area (TPSA) is 74.6 Å². The molecule has 1 atom stereocenters. The van der Waals surface area contributed by atoms with Crippen LogP contribution in [0.5, 0.6) is 0 Å². The molecule has 2 aliphatic heterocycles. The molecule has 1 aromatic carbocycles. The number of rotatable bonds is 3. The highest BCUT2D eigenvalue weighted by molar-refractivity contribution is 6.30. The third-order valence-corrected chi connectivity index (χ3v) is 7.21. The Morgan fingerprint density at radius 1 is 1.09 bits per heavy atom. The predicted octanol–water partition coefficient (Wildman–Crippen LogP) is 2.86. The van der Waals surface area contributed by atoms with Gasteiger partial charge in [0.1, 0.15) is 5.52 Å². The monoisotopic (exact) mass is 480 g/mol. The Bertz CT molecular complexity index is 1280. The lowest BCUT2D eigenvalue weighted by Crippen LogP contribution is -2.53. The van der Waals surface area contributed by atoms with Crippen molar-refractivity contribution in [2.24, 2.45) is 13.0 Å². The second-order valence-electron chi connectivity index (χ2n) is 9.17. The highest BCUT2D eigenvalue weighted by Crippen LogP contribution is 2.27. The zero-order valence-electron chi connectivity index (χ0n) is 19.6. The smallest absolute Gasteiger partial charge is 0.294 e. The van der Waals surface area contributed by atoms with E-state index in [0.717, 1.165) is 43.2 Å². The van der Waals surface area contributed by atoms with Crippen LogP contribution in [0.15, 0.2) is 41.3 Å². The molecule has 34 heavy (non-hydrogen) atoms. The Morgan fingerprint density at radius 2 is 1.88 bits per heavy atom. The lowest BCUT2D eigenvalue weighted by Gasteiger charge is -2.40. The molecule has 0 aliphatic carbocycles. The number of piperidine rings is 1.